The molecule has 1 heterocycles. The molecular weight excluding hydrogens is 519 g/mol. The summed E-state index contributed by atoms with van der Waals surface area (Å²) >= 11 is 0. The normalized spacial score (nSPS) is 11.2. The van der Waals surface area contributed by atoms with Crippen molar-refractivity contribution in [3.8, 4) is 5.75 Å². The van der Waals surface area contributed by atoms with Crippen LogP contribution in [0.1, 0.15) is 34.1 Å². The zero-order valence-corrected chi connectivity index (χ0v) is 22.9. The van der Waals surface area contributed by atoms with Crippen LogP contribution in [-0.4, -0.2) is 60.8 Å². The molecule has 0 aliphatic heterocycles. The Morgan fingerprint density at radius 2 is 1.68 bits per heavy atom. The molecule has 0 bridgehead atoms. The van der Waals surface area contributed by atoms with Crippen molar-refractivity contribution < 1.29 is 27.5 Å². The second-order valence-electron chi connectivity index (χ2n) is 9.33. The Morgan fingerprint density at radius 3 is 2.30 bits per heavy atom. The van der Waals surface area contributed by atoms with Gasteiger partial charge in [0.25, 0.3) is 5.91 Å². The Morgan fingerprint density at radius 1 is 0.950 bits per heavy atom. The molecule has 0 aliphatic carbocycles. The summed E-state index contributed by atoms with van der Waals surface area (Å²) in [4.78, 5) is 30.3. The third-order valence-electron chi connectivity index (χ3n) is 6.35. The van der Waals surface area contributed by atoms with Gasteiger partial charge in [0, 0.05) is 30.5 Å². The number of alkyl halides is 3. The number of aryl methyl sites for hydroxylation is 1. The van der Waals surface area contributed by atoms with Gasteiger partial charge in [-0.05, 0) is 54.9 Å². The molecule has 0 unspecified atom stereocenters. The van der Waals surface area contributed by atoms with Crippen LogP contribution in [0.3, 0.4) is 0 Å². The number of nitrogens with zero attached hydrogens (tertiary/aromatic N) is 2. The van der Waals surface area contributed by atoms with Crippen molar-refractivity contribution in [2.75, 3.05) is 33.8 Å². The number of aldehydes is 1. The number of halogens is 3. The summed E-state index contributed by atoms with van der Waals surface area (Å²) in [7, 11) is 3.31. The second-order valence-corrected chi connectivity index (χ2v) is 9.33. The van der Waals surface area contributed by atoms with Crippen molar-refractivity contribution >= 4 is 23.1 Å². The third kappa shape index (κ3) is 8.71. The van der Waals surface area contributed by atoms with E-state index in [0.717, 1.165) is 29.5 Å². The van der Waals surface area contributed by atoms with E-state index in [2.05, 4.69) is 36.2 Å². The van der Waals surface area contributed by atoms with Gasteiger partial charge in [-0.15, -0.1) is 0 Å². The van der Waals surface area contributed by atoms with Gasteiger partial charge in [-0.2, -0.15) is 13.2 Å². The maximum Gasteiger partial charge on any atom is 0.416 e. The Balaban J connectivity index is 0.000000472. The molecule has 0 spiro atoms. The number of carbonyl (C=O) groups is 2. The van der Waals surface area contributed by atoms with Crippen LogP contribution in [0.25, 0.3) is 10.9 Å². The molecule has 40 heavy (non-hydrogen) atoms. The maximum absolute atomic E-state index is 12.9. The standard InChI is InChI=1S/C23H24F3N3O3.C8H10/c1-28(15-16-4-3-5-18(12-16)23(24,25)26)8-9-29(10-11-30)22(31)21-14-17-13-19(32-2)6-7-20(17)27-21;1-2-8-6-4-3-5-7-8/h3-7,11-14,27H,8-10,15H2,1-2H3;3-7H,2H2,1H3. The summed E-state index contributed by atoms with van der Waals surface area (Å²) in [6.45, 7) is 2.97. The van der Waals surface area contributed by atoms with Gasteiger partial charge in [-0.1, -0.05) is 55.5 Å². The minimum absolute atomic E-state index is 0.0884. The van der Waals surface area contributed by atoms with Crippen LogP contribution < -0.4 is 4.74 Å². The molecular formula is C31H34F3N3O3. The number of fused-ring (bicyclic) bond motifs is 1. The summed E-state index contributed by atoms with van der Waals surface area (Å²) in [5.41, 5.74) is 2.33. The first-order valence-corrected chi connectivity index (χ1v) is 12.9. The highest BCUT2D eigenvalue weighted by molar-refractivity contribution is 5.99. The van der Waals surface area contributed by atoms with Crippen molar-refractivity contribution in [3.63, 3.8) is 0 Å². The van der Waals surface area contributed by atoms with E-state index in [0.29, 0.717) is 29.8 Å². The first kappa shape index (κ1) is 30.4. The lowest BCUT2D eigenvalue weighted by Gasteiger charge is -2.24. The van der Waals surface area contributed by atoms with Gasteiger partial charge < -0.3 is 24.3 Å². The molecule has 0 fully saturated rings. The molecule has 0 saturated carbocycles. The molecule has 0 atom stereocenters. The van der Waals surface area contributed by atoms with E-state index in [1.165, 1.54) is 16.5 Å². The Hall–Kier alpha value is -4.11. The van der Waals surface area contributed by atoms with E-state index >= 15 is 0 Å². The highest BCUT2D eigenvalue weighted by atomic mass is 19.4. The Bertz CT molecular complexity index is 1390. The Kier molecular flexibility index (Phi) is 10.9. The second kappa shape index (κ2) is 14.3. The van der Waals surface area contributed by atoms with Crippen molar-refractivity contribution in [2.24, 2.45) is 0 Å². The summed E-state index contributed by atoms with van der Waals surface area (Å²) < 4.78 is 43.9. The number of benzene rings is 3. The number of aromatic amines is 1. The number of H-pyrrole nitrogens is 1. The fraction of sp³-hybridized carbons (Fsp3) is 0.290. The quantitative estimate of drug-likeness (QED) is 0.237. The molecule has 0 saturated heterocycles. The zero-order chi connectivity index (χ0) is 29.1. The van der Waals surface area contributed by atoms with Crippen molar-refractivity contribution in [2.45, 2.75) is 26.1 Å². The number of nitrogens with one attached hydrogen (secondary N) is 1. The van der Waals surface area contributed by atoms with Gasteiger partial charge in [0.2, 0.25) is 0 Å². The van der Waals surface area contributed by atoms with E-state index in [1.54, 1.807) is 49.4 Å². The topological polar surface area (TPSA) is 65.6 Å². The first-order chi connectivity index (χ1) is 19.1. The lowest BCUT2D eigenvalue weighted by atomic mass is 10.1. The van der Waals surface area contributed by atoms with Crippen LogP contribution in [0.4, 0.5) is 13.2 Å². The predicted molar refractivity (Wildman–Crippen MR) is 150 cm³/mol. The number of likely N-dealkylation sites (N-methyl/N-ethyl adjacent to an activating group) is 1. The molecule has 3 aromatic carbocycles. The fourth-order valence-electron chi connectivity index (χ4n) is 4.13. The molecule has 4 rings (SSSR count). The largest absolute Gasteiger partial charge is 0.497 e. The number of aromatic nitrogens is 1. The van der Waals surface area contributed by atoms with Crippen LogP contribution in [0.5, 0.6) is 5.75 Å². The number of hydrogen-bond donors (Lipinski definition) is 1. The highest BCUT2D eigenvalue weighted by Crippen LogP contribution is 2.29. The van der Waals surface area contributed by atoms with Gasteiger partial charge in [-0.3, -0.25) is 4.79 Å². The van der Waals surface area contributed by atoms with Crippen LogP contribution in [-0.2, 0) is 23.9 Å². The maximum atomic E-state index is 12.9. The van der Waals surface area contributed by atoms with E-state index < -0.39 is 11.7 Å². The number of rotatable bonds is 10. The summed E-state index contributed by atoms with van der Waals surface area (Å²) in [6.07, 6.45) is -2.61. The van der Waals surface area contributed by atoms with E-state index in [-0.39, 0.29) is 25.5 Å². The number of methoxy groups -OCH3 is 1. The minimum atomic E-state index is -4.40. The minimum Gasteiger partial charge on any atom is -0.497 e. The van der Waals surface area contributed by atoms with Gasteiger partial charge in [0.15, 0.2) is 0 Å². The highest BCUT2D eigenvalue weighted by Gasteiger charge is 2.30. The van der Waals surface area contributed by atoms with Crippen molar-refractivity contribution in [1.82, 2.24) is 14.8 Å². The van der Waals surface area contributed by atoms with Crippen LogP contribution in [0, 0.1) is 0 Å². The van der Waals surface area contributed by atoms with Crippen LogP contribution >= 0.6 is 0 Å². The molecule has 9 heteroatoms. The predicted octanol–water partition coefficient (Wildman–Crippen LogP) is 6.22. The van der Waals surface area contributed by atoms with Gasteiger partial charge in [-0.25, -0.2) is 0 Å². The van der Waals surface area contributed by atoms with Crippen molar-refractivity contribution in [1.29, 1.82) is 0 Å². The van der Waals surface area contributed by atoms with E-state index in [1.807, 2.05) is 6.07 Å². The Labute approximate surface area is 232 Å². The first-order valence-electron chi connectivity index (χ1n) is 12.9. The number of hydrogen-bond acceptors (Lipinski definition) is 4. The molecule has 0 radical (unpaired) electrons. The molecule has 4 aromatic rings. The lowest BCUT2D eigenvalue weighted by molar-refractivity contribution is -0.137. The molecule has 0 aliphatic rings. The summed E-state index contributed by atoms with van der Waals surface area (Å²) in [5.74, 6) is 0.330. The molecule has 1 amide bonds. The SMILES string of the molecule is CCc1ccccc1.COc1ccc2[nH]c(C(=O)N(CC=O)CCN(C)Cc3cccc(C(F)(F)F)c3)cc2c1. The van der Waals surface area contributed by atoms with Crippen LogP contribution in [0.15, 0.2) is 78.9 Å². The van der Waals surface area contributed by atoms with Crippen LogP contribution in [0.2, 0.25) is 0 Å². The molecule has 212 valence electrons. The average molecular weight is 554 g/mol. The third-order valence-corrected chi connectivity index (χ3v) is 6.35. The smallest absolute Gasteiger partial charge is 0.416 e. The molecule has 1 N–H and O–H groups in total. The van der Waals surface area contributed by atoms with Gasteiger partial charge >= 0.3 is 6.18 Å². The monoisotopic (exact) mass is 553 g/mol. The molecule has 1 aromatic heterocycles. The number of ether oxygens (including phenoxy) is 1. The summed E-state index contributed by atoms with van der Waals surface area (Å²) in [5, 5.41) is 0.806. The zero-order valence-electron chi connectivity index (χ0n) is 22.9. The van der Waals surface area contributed by atoms with Crippen molar-refractivity contribution in [3.05, 3.63) is 101 Å². The lowest BCUT2D eigenvalue weighted by Crippen LogP contribution is -2.38. The van der Waals surface area contributed by atoms with Gasteiger partial charge in [0.1, 0.15) is 17.7 Å². The fourth-order valence-corrected chi connectivity index (χ4v) is 4.13. The van der Waals surface area contributed by atoms with E-state index in [4.69, 9.17) is 4.74 Å². The van der Waals surface area contributed by atoms with Gasteiger partial charge in [0.05, 0.1) is 19.2 Å². The summed E-state index contributed by atoms with van der Waals surface area (Å²) in [6, 6.07) is 22.7. The van der Waals surface area contributed by atoms with E-state index in [9.17, 15) is 22.8 Å². The average Bonchev–Trinajstić information content (AvgIpc) is 3.39. The molecule has 6 nitrogen and oxygen atoms in total. The number of amides is 1. The number of carbonyl (C=O) groups excluding carboxylic acids is 2.